The van der Waals surface area contributed by atoms with Crippen LogP contribution in [0.1, 0.15) is 12.5 Å². The van der Waals surface area contributed by atoms with Gasteiger partial charge in [0.25, 0.3) is 0 Å². The lowest BCUT2D eigenvalue weighted by Gasteiger charge is -2.23. The molecule has 0 fully saturated rings. The third kappa shape index (κ3) is 3.80. The Labute approximate surface area is 122 Å². The summed E-state index contributed by atoms with van der Waals surface area (Å²) in [6.45, 7) is 2.98. The van der Waals surface area contributed by atoms with Crippen molar-refractivity contribution in [3.05, 3.63) is 59.7 Å². The molecule has 2 aromatic rings. The first-order valence-electron chi connectivity index (χ1n) is 6.66. The van der Waals surface area contributed by atoms with Gasteiger partial charge in [-0.2, -0.15) is 0 Å². The van der Waals surface area contributed by atoms with Crippen molar-refractivity contribution in [2.45, 2.75) is 13.5 Å². The van der Waals surface area contributed by atoms with Crippen LogP contribution in [0.4, 0.5) is 14.5 Å². The normalized spacial score (nSPS) is 10.5. The standard InChI is InChI=1S/C15H16BF2NO2/c1-2-19(13-5-3-4-12(17)9-13)10-11-6-7-15(18)14(8-11)16(20)21/h3-9,20-21H,2,10H2,1H3. The second kappa shape index (κ2) is 6.69. The molecule has 21 heavy (non-hydrogen) atoms. The van der Waals surface area contributed by atoms with Crippen molar-refractivity contribution in [2.75, 3.05) is 11.4 Å². The van der Waals surface area contributed by atoms with E-state index in [1.807, 2.05) is 11.8 Å². The van der Waals surface area contributed by atoms with Gasteiger partial charge in [-0.25, -0.2) is 8.78 Å². The number of hydrogen-bond acceptors (Lipinski definition) is 3. The van der Waals surface area contributed by atoms with Crippen LogP contribution in [0.25, 0.3) is 0 Å². The highest BCUT2D eigenvalue weighted by atomic mass is 19.1. The van der Waals surface area contributed by atoms with Crippen molar-refractivity contribution in [1.29, 1.82) is 0 Å². The van der Waals surface area contributed by atoms with Crippen molar-refractivity contribution in [1.82, 2.24) is 0 Å². The van der Waals surface area contributed by atoms with Gasteiger partial charge in [0.05, 0.1) is 0 Å². The monoisotopic (exact) mass is 291 g/mol. The lowest BCUT2D eigenvalue weighted by Crippen LogP contribution is -2.33. The Bertz CT molecular complexity index is 622. The molecule has 0 spiro atoms. The number of benzene rings is 2. The van der Waals surface area contributed by atoms with Crippen molar-refractivity contribution < 1.29 is 18.8 Å². The van der Waals surface area contributed by atoms with Crippen LogP contribution in [0.3, 0.4) is 0 Å². The van der Waals surface area contributed by atoms with E-state index in [0.717, 1.165) is 0 Å². The van der Waals surface area contributed by atoms with E-state index in [-0.39, 0.29) is 11.3 Å². The number of nitrogens with zero attached hydrogens (tertiary/aromatic N) is 1. The van der Waals surface area contributed by atoms with E-state index in [1.165, 1.54) is 24.3 Å². The Morgan fingerprint density at radius 1 is 1.10 bits per heavy atom. The molecule has 0 unspecified atom stereocenters. The van der Waals surface area contributed by atoms with Gasteiger partial charge in [0.15, 0.2) is 0 Å². The molecule has 3 nitrogen and oxygen atoms in total. The molecule has 0 amide bonds. The first kappa shape index (κ1) is 15.5. The lowest BCUT2D eigenvalue weighted by molar-refractivity contribution is 0.423. The maximum atomic E-state index is 13.4. The average molecular weight is 291 g/mol. The van der Waals surface area contributed by atoms with E-state index >= 15 is 0 Å². The van der Waals surface area contributed by atoms with Crippen LogP contribution < -0.4 is 10.4 Å². The van der Waals surface area contributed by atoms with Crippen LogP contribution >= 0.6 is 0 Å². The molecule has 0 radical (unpaired) electrons. The topological polar surface area (TPSA) is 43.7 Å². The first-order chi connectivity index (χ1) is 10.0. The third-order valence-corrected chi connectivity index (χ3v) is 3.27. The molecule has 6 heteroatoms. The molecule has 0 heterocycles. The maximum absolute atomic E-state index is 13.4. The zero-order valence-corrected chi connectivity index (χ0v) is 11.6. The van der Waals surface area contributed by atoms with Gasteiger partial charge in [0.1, 0.15) is 11.6 Å². The van der Waals surface area contributed by atoms with Gasteiger partial charge in [0.2, 0.25) is 0 Å². The molecule has 2 N–H and O–H groups in total. The summed E-state index contributed by atoms with van der Waals surface area (Å²) in [6, 6.07) is 10.4. The molecule has 0 aliphatic rings. The molecule has 0 aromatic heterocycles. The fourth-order valence-corrected chi connectivity index (χ4v) is 2.17. The highest BCUT2D eigenvalue weighted by molar-refractivity contribution is 6.58. The van der Waals surface area contributed by atoms with Gasteiger partial charge in [-0.3, -0.25) is 0 Å². The zero-order chi connectivity index (χ0) is 15.4. The summed E-state index contributed by atoms with van der Waals surface area (Å²) in [7, 11) is -1.85. The number of rotatable bonds is 5. The number of hydrogen-bond donors (Lipinski definition) is 2. The Morgan fingerprint density at radius 3 is 2.48 bits per heavy atom. The molecule has 0 atom stereocenters. The first-order valence-corrected chi connectivity index (χ1v) is 6.66. The van der Waals surface area contributed by atoms with Crippen LogP contribution in [-0.4, -0.2) is 23.7 Å². The highest BCUT2D eigenvalue weighted by Gasteiger charge is 2.17. The summed E-state index contributed by atoms with van der Waals surface area (Å²) in [5.41, 5.74) is 1.27. The Kier molecular flexibility index (Phi) is 4.93. The van der Waals surface area contributed by atoms with Crippen LogP contribution in [0, 0.1) is 11.6 Å². The Hall–Kier alpha value is -1.92. The van der Waals surface area contributed by atoms with E-state index in [1.54, 1.807) is 18.2 Å². The predicted molar refractivity (Wildman–Crippen MR) is 79.3 cm³/mol. The predicted octanol–water partition coefficient (Wildman–Crippen LogP) is 1.67. The molecule has 2 aromatic carbocycles. The molecular weight excluding hydrogens is 275 g/mol. The maximum Gasteiger partial charge on any atom is 0.491 e. The Balaban J connectivity index is 2.25. The second-order valence-corrected chi connectivity index (χ2v) is 4.72. The van der Waals surface area contributed by atoms with Crippen LogP contribution in [-0.2, 0) is 6.54 Å². The highest BCUT2D eigenvalue weighted by Crippen LogP contribution is 2.18. The van der Waals surface area contributed by atoms with E-state index in [4.69, 9.17) is 10.0 Å². The van der Waals surface area contributed by atoms with Crippen molar-refractivity contribution in [3.8, 4) is 0 Å². The lowest BCUT2D eigenvalue weighted by atomic mass is 9.79. The fraction of sp³-hybridized carbons (Fsp3) is 0.200. The SMILES string of the molecule is CCN(Cc1ccc(F)c(B(O)O)c1)c1cccc(F)c1. The minimum absolute atomic E-state index is 0.164. The second-order valence-electron chi connectivity index (χ2n) is 4.72. The quantitative estimate of drug-likeness (QED) is 0.824. The van der Waals surface area contributed by atoms with Crippen LogP contribution in [0.2, 0.25) is 0 Å². The van der Waals surface area contributed by atoms with Gasteiger partial charge in [-0.05, 0) is 36.8 Å². The molecule has 0 aliphatic heterocycles. The molecule has 0 bridgehead atoms. The summed E-state index contributed by atoms with van der Waals surface area (Å²) >= 11 is 0. The largest absolute Gasteiger partial charge is 0.491 e. The summed E-state index contributed by atoms with van der Waals surface area (Å²) in [4.78, 5) is 1.91. The average Bonchev–Trinajstić information content (AvgIpc) is 2.46. The molecule has 0 saturated heterocycles. The van der Waals surface area contributed by atoms with Gasteiger partial charge < -0.3 is 14.9 Å². The summed E-state index contributed by atoms with van der Waals surface area (Å²) in [6.07, 6.45) is 0. The van der Waals surface area contributed by atoms with E-state index in [2.05, 4.69) is 0 Å². The minimum Gasteiger partial charge on any atom is -0.423 e. The van der Waals surface area contributed by atoms with Crippen molar-refractivity contribution in [3.63, 3.8) is 0 Å². The zero-order valence-electron chi connectivity index (χ0n) is 11.6. The summed E-state index contributed by atoms with van der Waals surface area (Å²) < 4.78 is 26.7. The number of halogens is 2. The molecule has 0 saturated carbocycles. The molecule has 2 rings (SSSR count). The van der Waals surface area contributed by atoms with Crippen molar-refractivity contribution in [2.24, 2.45) is 0 Å². The third-order valence-electron chi connectivity index (χ3n) is 3.27. The Morgan fingerprint density at radius 2 is 1.86 bits per heavy atom. The van der Waals surface area contributed by atoms with E-state index in [9.17, 15) is 8.78 Å². The van der Waals surface area contributed by atoms with Crippen molar-refractivity contribution >= 4 is 18.3 Å². The summed E-state index contributed by atoms with van der Waals surface area (Å²) in [5.74, 6) is -0.987. The molecule has 0 aliphatic carbocycles. The van der Waals surface area contributed by atoms with Crippen LogP contribution in [0.5, 0.6) is 0 Å². The molecule has 110 valence electrons. The van der Waals surface area contributed by atoms with Crippen LogP contribution in [0.15, 0.2) is 42.5 Å². The van der Waals surface area contributed by atoms with Gasteiger partial charge >= 0.3 is 7.12 Å². The van der Waals surface area contributed by atoms with E-state index in [0.29, 0.717) is 24.3 Å². The van der Waals surface area contributed by atoms with Gasteiger partial charge in [-0.15, -0.1) is 0 Å². The minimum atomic E-state index is -1.85. The summed E-state index contributed by atoms with van der Waals surface area (Å²) in [5, 5.41) is 18.3. The number of anilines is 1. The fourth-order valence-electron chi connectivity index (χ4n) is 2.17. The van der Waals surface area contributed by atoms with Gasteiger partial charge in [0, 0.05) is 24.2 Å². The smallest absolute Gasteiger partial charge is 0.423 e. The van der Waals surface area contributed by atoms with E-state index < -0.39 is 12.9 Å². The molecular formula is C15H16BF2NO2. The van der Waals surface area contributed by atoms with Gasteiger partial charge in [-0.1, -0.05) is 18.2 Å².